The normalized spacial score (nSPS) is 12.0. The molecule has 21 heavy (non-hydrogen) atoms. The lowest BCUT2D eigenvalue weighted by Gasteiger charge is -2.16. The first-order valence-electron chi connectivity index (χ1n) is 6.93. The molecule has 0 bridgehead atoms. The molecular weight excluding hydrogens is 269 g/mol. The summed E-state index contributed by atoms with van der Waals surface area (Å²) in [5, 5.41) is 12.9. The average Bonchev–Trinajstić information content (AvgIpc) is 2.46. The average molecular weight is 289 g/mol. The third-order valence-corrected chi connectivity index (χ3v) is 3.26. The van der Waals surface area contributed by atoms with Gasteiger partial charge in [-0.1, -0.05) is 30.3 Å². The number of benzene rings is 2. The van der Waals surface area contributed by atoms with Gasteiger partial charge in [0, 0.05) is 6.54 Å². The summed E-state index contributed by atoms with van der Waals surface area (Å²) in [6.45, 7) is 4.16. The fourth-order valence-corrected chi connectivity index (χ4v) is 2.04. The highest BCUT2D eigenvalue weighted by molar-refractivity contribution is 5.51. The number of rotatable bonds is 6. The van der Waals surface area contributed by atoms with Crippen LogP contribution in [0, 0.1) is 19.7 Å². The van der Waals surface area contributed by atoms with Gasteiger partial charge in [0.25, 0.3) is 0 Å². The molecule has 0 aromatic heterocycles. The number of nitrogens with one attached hydrogen (secondary N) is 1. The molecule has 0 saturated carbocycles. The minimum atomic E-state index is -0.719. The van der Waals surface area contributed by atoms with Crippen molar-refractivity contribution in [2.75, 3.05) is 18.5 Å². The van der Waals surface area contributed by atoms with Crippen LogP contribution in [-0.4, -0.2) is 24.4 Å². The Bertz CT molecular complexity index is 581. The molecule has 0 heterocycles. The zero-order valence-electron chi connectivity index (χ0n) is 12.3. The molecule has 2 aromatic carbocycles. The van der Waals surface area contributed by atoms with E-state index in [4.69, 9.17) is 4.74 Å². The van der Waals surface area contributed by atoms with Gasteiger partial charge in [0.1, 0.15) is 24.3 Å². The van der Waals surface area contributed by atoms with Crippen molar-refractivity contribution in [1.82, 2.24) is 0 Å². The molecule has 4 heteroatoms. The molecule has 0 aliphatic rings. The van der Waals surface area contributed by atoms with E-state index in [0.29, 0.717) is 5.69 Å². The lowest BCUT2D eigenvalue weighted by atomic mass is 10.2. The SMILES string of the molecule is Cc1ccccc1OCC(O)CNc1c(C)cccc1F. The molecule has 0 aliphatic carbocycles. The lowest BCUT2D eigenvalue weighted by Crippen LogP contribution is -2.27. The number of hydrogen-bond donors (Lipinski definition) is 2. The first-order chi connectivity index (χ1) is 10.1. The largest absolute Gasteiger partial charge is 0.491 e. The Hall–Kier alpha value is -2.07. The number of halogens is 1. The smallest absolute Gasteiger partial charge is 0.146 e. The van der Waals surface area contributed by atoms with Crippen LogP contribution in [0.2, 0.25) is 0 Å². The number of ether oxygens (including phenoxy) is 1. The molecule has 1 atom stereocenters. The Morgan fingerprint density at radius 2 is 1.81 bits per heavy atom. The predicted molar refractivity (Wildman–Crippen MR) is 82.3 cm³/mol. The fourth-order valence-electron chi connectivity index (χ4n) is 2.04. The highest BCUT2D eigenvalue weighted by Gasteiger charge is 2.09. The molecule has 0 fully saturated rings. The summed E-state index contributed by atoms with van der Waals surface area (Å²) in [4.78, 5) is 0. The van der Waals surface area contributed by atoms with Crippen LogP contribution in [0.1, 0.15) is 11.1 Å². The van der Waals surface area contributed by atoms with Crippen molar-refractivity contribution in [2.45, 2.75) is 20.0 Å². The summed E-state index contributed by atoms with van der Waals surface area (Å²) in [7, 11) is 0. The molecule has 2 aromatic rings. The second kappa shape index (κ2) is 7.09. The van der Waals surface area contributed by atoms with Crippen molar-refractivity contribution >= 4 is 5.69 Å². The number of aryl methyl sites for hydroxylation is 2. The lowest BCUT2D eigenvalue weighted by molar-refractivity contribution is 0.117. The van der Waals surface area contributed by atoms with Crippen molar-refractivity contribution in [3.05, 3.63) is 59.4 Å². The first-order valence-corrected chi connectivity index (χ1v) is 6.93. The van der Waals surface area contributed by atoms with Crippen LogP contribution in [-0.2, 0) is 0 Å². The maximum atomic E-state index is 13.6. The maximum absolute atomic E-state index is 13.6. The van der Waals surface area contributed by atoms with Crippen molar-refractivity contribution < 1.29 is 14.2 Å². The summed E-state index contributed by atoms with van der Waals surface area (Å²) in [6.07, 6.45) is -0.719. The van der Waals surface area contributed by atoms with Crippen molar-refractivity contribution in [1.29, 1.82) is 0 Å². The van der Waals surface area contributed by atoms with E-state index in [9.17, 15) is 9.50 Å². The second-order valence-electron chi connectivity index (χ2n) is 5.04. The van der Waals surface area contributed by atoms with E-state index in [-0.39, 0.29) is 19.0 Å². The number of anilines is 1. The van der Waals surface area contributed by atoms with E-state index in [2.05, 4.69) is 5.32 Å². The van der Waals surface area contributed by atoms with E-state index in [0.717, 1.165) is 16.9 Å². The highest BCUT2D eigenvalue weighted by atomic mass is 19.1. The van der Waals surface area contributed by atoms with Gasteiger partial charge < -0.3 is 15.2 Å². The standard InChI is InChI=1S/C17H20FNO2/c1-12-6-3-4-9-16(12)21-11-14(20)10-19-17-13(2)7-5-8-15(17)18/h3-9,14,19-20H,10-11H2,1-2H3. The van der Waals surface area contributed by atoms with E-state index >= 15 is 0 Å². The van der Waals surface area contributed by atoms with Crippen LogP contribution >= 0.6 is 0 Å². The zero-order valence-corrected chi connectivity index (χ0v) is 12.3. The summed E-state index contributed by atoms with van der Waals surface area (Å²) >= 11 is 0. The van der Waals surface area contributed by atoms with Gasteiger partial charge in [0.15, 0.2) is 0 Å². The van der Waals surface area contributed by atoms with Gasteiger partial charge in [0.2, 0.25) is 0 Å². The van der Waals surface area contributed by atoms with Crippen LogP contribution in [0.5, 0.6) is 5.75 Å². The van der Waals surface area contributed by atoms with E-state index in [1.165, 1.54) is 6.07 Å². The van der Waals surface area contributed by atoms with Crippen LogP contribution in [0.4, 0.5) is 10.1 Å². The molecule has 3 nitrogen and oxygen atoms in total. The Balaban J connectivity index is 1.85. The van der Waals surface area contributed by atoms with E-state index < -0.39 is 6.10 Å². The maximum Gasteiger partial charge on any atom is 0.146 e. The number of aliphatic hydroxyl groups excluding tert-OH is 1. The second-order valence-corrected chi connectivity index (χ2v) is 5.04. The van der Waals surface area contributed by atoms with E-state index in [1.807, 2.05) is 44.2 Å². The van der Waals surface area contributed by atoms with Crippen LogP contribution in [0.3, 0.4) is 0 Å². The molecule has 0 amide bonds. The molecule has 0 saturated heterocycles. The highest BCUT2D eigenvalue weighted by Crippen LogP contribution is 2.19. The quantitative estimate of drug-likeness (QED) is 0.857. The minimum Gasteiger partial charge on any atom is -0.491 e. The number of hydrogen-bond acceptors (Lipinski definition) is 3. The summed E-state index contributed by atoms with van der Waals surface area (Å²) < 4.78 is 19.2. The van der Waals surface area contributed by atoms with Crippen LogP contribution in [0.25, 0.3) is 0 Å². The molecule has 1 unspecified atom stereocenters. The van der Waals surface area contributed by atoms with Crippen LogP contribution in [0.15, 0.2) is 42.5 Å². The van der Waals surface area contributed by atoms with Gasteiger partial charge >= 0.3 is 0 Å². The summed E-state index contributed by atoms with van der Waals surface area (Å²) in [5.74, 6) is 0.431. The predicted octanol–water partition coefficient (Wildman–Crippen LogP) is 3.29. The van der Waals surface area contributed by atoms with Gasteiger partial charge in [-0.2, -0.15) is 0 Å². The number of aliphatic hydroxyl groups is 1. The third kappa shape index (κ3) is 4.20. The van der Waals surface area contributed by atoms with Gasteiger partial charge in [-0.15, -0.1) is 0 Å². The zero-order chi connectivity index (χ0) is 15.2. The summed E-state index contributed by atoms with van der Waals surface area (Å²) in [6, 6.07) is 12.5. The first kappa shape index (κ1) is 15.3. The monoisotopic (exact) mass is 289 g/mol. The van der Waals surface area contributed by atoms with Gasteiger partial charge in [-0.3, -0.25) is 0 Å². The van der Waals surface area contributed by atoms with Crippen molar-refractivity contribution in [2.24, 2.45) is 0 Å². The Morgan fingerprint density at radius 1 is 1.10 bits per heavy atom. The molecule has 112 valence electrons. The Kier molecular flexibility index (Phi) is 5.17. The van der Waals surface area contributed by atoms with Crippen molar-refractivity contribution in [3.8, 4) is 5.75 Å². The number of para-hydroxylation sites is 2. The molecule has 0 aliphatic heterocycles. The summed E-state index contributed by atoms with van der Waals surface area (Å²) in [5.41, 5.74) is 2.25. The van der Waals surface area contributed by atoms with Gasteiger partial charge in [-0.25, -0.2) is 4.39 Å². The Labute approximate surface area is 124 Å². The molecular formula is C17H20FNO2. The molecule has 0 spiro atoms. The third-order valence-electron chi connectivity index (χ3n) is 3.26. The molecule has 2 rings (SSSR count). The van der Waals surface area contributed by atoms with Gasteiger partial charge in [0.05, 0.1) is 5.69 Å². The Morgan fingerprint density at radius 3 is 2.52 bits per heavy atom. The topological polar surface area (TPSA) is 41.5 Å². The van der Waals surface area contributed by atoms with Gasteiger partial charge in [-0.05, 0) is 37.1 Å². The van der Waals surface area contributed by atoms with E-state index in [1.54, 1.807) is 6.07 Å². The molecule has 2 N–H and O–H groups in total. The van der Waals surface area contributed by atoms with Crippen LogP contribution < -0.4 is 10.1 Å². The minimum absolute atomic E-state index is 0.158. The fraction of sp³-hybridized carbons (Fsp3) is 0.294. The molecule has 0 radical (unpaired) electrons. The van der Waals surface area contributed by atoms with Crippen molar-refractivity contribution in [3.63, 3.8) is 0 Å².